The van der Waals surface area contributed by atoms with Crippen molar-refractivity contribution in [2.45, 2.75) is 19.6 Å². The largest absolute Gasteiger partial charge is 0.545 e. The summed E-state index contributed by atoms with van der Waals surface area (Å²) < 4.78 is 11.0. The molecule has 0 bridgehead atoms. The molecule has 3 heteroatoms. The summed E-state index contributed by atoms with van der Waals surface area (Å²) in [6.07, 6.45) is 3.84. The summed E-state index contributed by atoms with van der Waals surface area (Å²) >= 11 is 0. The van der Waals surface area contributed by atoms with E-state index in [1.807, 2.05) is 36.4 Å². The lowest BCUT2D eigenvalue weighted by Gasteiger charge is -2.18. The van der Waals surface area contributed by atoms with Crippen LogP contribution in [0, 0.1) is 0 Å². The Morgan fingerprint density at radius 2 is 1.88 bits per heavy atom. The summed E-state index contributed by atoms with van der Waals surface area (Å²) in [5.74, 6) is 1.56. The molecule has 0 radical (unpaired) electrons. The van der Waals surface area contributed by atoms with Crippen molar-refractivity contribution < 1.29 is 9.16 Å². The van der Waals surface area contributed by atoms with E-state index in [0.29, 0.717) is 5.76 Å². The Morgan fingerprint density at radius 3 is 2.47 bits per heavy atom. The average Bonchev–Trinajstić information content (AvgIpc) is 2.24. The molecule has 17 heavy (non-hydrogen) atoms. The van der Waals surface area contributed by atoms with Gasteiger partial charge in [-0.1, -0.05) is 24.8 Å². The molecule has 0 amide bonds. The van der Waals surface area contributed by atoms with Crippen molar-refractivity contribution in [2.75, 3.05) is 7.11 Å². The van der Waals surface area contributed by atoms with Gasteiger partial charge in [0.25, 0.3) is 0 Å². The van der Waals surface area contributed by atoms with E-state index in [2.05, 4.69) is 26.2 Å². The van der Waals surface area contributed by atoms with Gasteiger partial charge in [0.1, 0.15) is 5.75 Å². The zero-order valence-corrected chi connectivity index (χ0v) is 12.0. The van der Waals surface area contributed by atoms with Gasteiger partial charge >= 0.3 is 0 Å². The number of allylic oxidation sites excluding steroid dienone is 1. The molecule has 1 aromatic rings. The lowest BCUT2D eigenvalue weighted by Crippen LogP contribution is -2.23. The van der Waals surface area contributed by atoms with Crippen LogP contribution in [0.5, 0.6) is 5.75 Å². The molecule has 0 spiro atoms. The van der Waals surface area contributed by atoms with Crippen LogP contribution in [0.4, 0.5) is 0 Å². The maximum Gasteiger partial charge on any atom is 0.242 e. The lowest BCUT2D eigenvalue weighted by atomic mass is 10.2. The molecule has 0 unspecified atom stereocenters. The first kappa shape index (κ1) is 13.6. The SMILES string of the molecule is C=C(/C=C/c1ccccc1OC)O[Si](C)(C)C. The first-order chi connectivity index (χ1) is 7.92. The normalized spacial score (nSPS) is 11.5. The summed E-state index contributed by atoms with van der Waals surface area (Å²) in [7, 11) is 0.104. The predicted molar refractivity (Wildman–Crippen MR) is 75.6 cm³/mol. The second-order valence-corrected chi connectivity index (χ2v) is 9.18. The highest BCUT2D eigenvalue weighted by molar-refractivity contribution is 6.70. The Bertz CT molecular complexity index is 416. The third kappa shape index (κ3) is 4.91. The maximum atomic E-state index is 5.75. The minimum absolute atomic E-state index is 0.704. The smallest absolute Gasteiger partial charge is 0.242 e. The van der Waals surface area contributed by atoms with Crippen molar-refractivity contribution in [1.82, 2.24) is 0 Å². The Morgan fingerprint density at radius 1 is 1.24 bits per heavy atom. The van der Waals surface area contributed by atoms with E-state index in [9.17, 15) is 0 Å². The first-order valence-electron chi connectivity index (χ1n) is 5.61. The molecule has 0 heterocycles. The van der Waals surface area contributed by atoms with Gasteiger partial charge < -0.3 is 9.16 Å². The second-order valence-electron chi connectivity index (χ2n) is 4.76. The van der Waals surface area contributed by atoms with E-state index >= 15 is 0 Å². The fourth-order valence-corrected chi connectivity index (χ4v) is 2.27. The zero-order valence-electron chi connectivity index (χ0n) is 11.0. The van der Waals surface area contributed by atoms with Gasteiger partial charge in [-0.3, -0.25) is 0 Å². The van der Waals surface area contributed by atoms with E-state index < -0.39 is 8.32 Å². The van der Waals surface area contributed by atoms with Gasteiger partial charge in [-0.05, 0) is 37.9 Å². The average molecular weight is 248 g/mol. The summed E-state index contributed by atoms with van der Waals surface area (Å²) in [5.41, 5.74) is 1.02. The quantitative estimate of drug-likeness (QED) is 0.444. The number of rotatable bonds is 5. The van der Waals surface area contributed by atoms with Crippen molar-refractivity contribution in [3.05, 3.63) is 48.2 Å². The Hall–Kier alpha value is -1.48. The monoisotopic (exact) mass is 248 g/mol. The van der Waals surface area contributed by atoms with Crippen molar-refractivity contribution in [3.63, 3.8) is 0 Å². The number of benzene rings is 1. The third-order valence-electron chi connectivity index (χ3n) is 2.02. The van der Waals surface area contributed by atoms with Crippen molar-refractivity contribution in [3.8, 4) is 5.75 Å². The van der Waals surface area contributed by atoms with Gasteiger partial charge in [-0.15, -0.1) is 0 Å². The van der Waals surface area contributed by atoms with Crippen molar-refractivity contribution in [2.24, 2.45) is 0 Å². The van der Waals surface area contributed by atoms with Crippen LogP contribution in [-0.2, 0) is 4.43 Å². The fourth-order valence-electron chi connectivity index (χ4n) is 1.41. The highest BCUT2D eigenvalue weighted by Crippen LogP contribution is 2.20. The summed E-state index contributed by atoms with van der Waals surface area (Å²) in [6, 6.07) is 7.85. The Labute approximate surface area is 105 Å². The molecular weight excluding hydrogens is 228 g/mol. The van der Waals surface area contributed by atoms with E-state index in [1.54, 1.807) is 7.11 Å². The number of hydrogen-bond acceptors (Lipinski definition) is 2. The van der Waals surface area contributed by atoms with Gasteiger partial charge in [0.15, 0.2) is 0 Å². The highest BCUT2D eigenvalue weighted by Gasteiger charge is 2.15. The van der Waals surface area contributed by atoms with Gasteiger partial charge in [-0.25, -0.2) is 0 Å². The van der Waals surface area contributed by atoms with Crippen LogP contribution in [0.3, 0.4) is 0 Å². The highest BCUT2D eigenvalue weighted by atomic mass is 28.4. The molecule has 1 aromatic carbocycles. The lowest BCUT2D eigenvalue weighted by molar-refractivity contribution is 0.414. The van der Waals surface area contributed by atoms with Crippen LogP contribution in [-0.4, -0.2) is 15.4 Å². The molecular formula is C14H20O2Si. The number of ether oxygens (including phenoxy) is 1. The predicted octanol–water partition coefficient (Wildman–Crippen LogP) is 4.07. The topological polar surface area (TPSA) is 18.5 Å². The molecule has 1 rings (SSSR count). The van der Waals surface area contributed by atoms with Crippen LogP contribution in [0.25, 0.3) is 6.08 Å². The van der Waals surface area contributed by atoms with E-state index in [-0.39, 0.29) is 0 Å². The maximum absolute atomic E-state index is 5.75. The van der Waals surface area contributed by atoms with E-state index in [4.69, 9.17) is 9.16 Å². The van der Waals surface area contributed by atoms with Crippen molar-refractivity contribution >= 4 is 14.4 Å². The first-order valence-corrected chi connectivity index (χ1v) is 9.02. The van der Waals surface area contributed by atoms with Crippen molar-refractivity contribution in [1.29, 1.82) is 0 Å². The molecule has 0 saturated heterocycles. The number of hydrogen-bond donors (Lipinski definition) is 0. The second kappa shape index (κ2) is 5.73. The molecule has 0 atom stereocenters. The summed E-state index contributed by atoms with van der Waals surface area (Å²) in [4.78, 5) is 0. The number of methoxy groups -OCH3 is 1. The Kier molecular flexibility index (Phi) is 4.58. The standard InChI is InChI=1S/C14H20O2Si/c1-12(16-17(3,4)5)10-11-13-8-6-7-9-14(13)15-2/h6-11H,1H2,2-5H3/b11-10+. The molecule has 0 fully saturated rings. The minimum Gasteiger partial charge on any atom is -0.545 e. The van der Waals surface area contributed by atoms with E-state index in [0.717, 1.165) is 11.3 Å². The number of para-hydroxylation sites is 1. The Balaban J connectivity index is 2.74. The summed E-state index contributed by atoms with van der Waals surface area (Å²) in [5, 5.41) is 0. The van der Waals surface area contributed by atoms with Gasteiger partial charge in [0.05, 0.1) is 12.9 Å². The summed E-state index contributed by atoms with van der Waals surface area (Å²) in [6.45, 7) is 10.3. The van der Waals surface area contributed by atoms with Crippen LogP contribution in [0.2, 0.25) is 19.6 Å². The molecule has 0 aliphatic carbocycles. The molecule has 0 aliphatic heterocycles. The van der Waals surface area contributed by atoms with Crippen LogP contribution in [0.15, 0.2) is 42.7 Å². The molecule has 0 aliphatic rings. The van der Waals surface area contributed by atoms with Crippen LogP contribution >= 0.6 is 0 Å². The molecule has 0 N–H and O–H groups in total. The molecule has 0 saturated carbocycles. The van der Waals surface area contributed by atoms with Crippen LogP contribution in [0.1, 0.15) is 5.56 Å². The third-order valence-corrected chi connectivity index (χ3v) is 2.90. The fraction of sp³-hybridized carbons (Fsp3) is 0.286. The van der Waals surface area contributed by atoms with E-state index in [1.165, 1.54) is 0 Å². The zero-order chi connectivity index (χ0) is 12.9. The van der Waals surface area contributed by atoms with Crippen LogP contribution < -0.4 is 4.74 Å². The molecule has 92 valence electrons. The van der Waals surface area contributed by atoms with Gasteiger partial charge in [-0.2, -0.15) is 0 Å². The molecule has 0 aromatic heterocycles. The minimum atomic E-state index is -1.56. The van der Waals surface area contributed by atoms with Gasteiger partial charge in [0.2, 0.25) is 8.32 Å². The molecule has 2 nitrogen and oxygen atoms in total. The van der Waals surface area contributed by atoms with Gasteiger partial charge in [0, 0.05) is 5.56 Å².